The number of pyridine rings is 1. The molecule has 1 N–H and O–H groups in total. The van der Waals surface area contributed by atoms with Crippen LogP contribution in [0.2, 0.25) is 0 Å². The summed E-state index contributed by atoms with van der Waals surface area (Å²) in [6.45, 7) is 0.195. The van der Waals surface area contributed by atoms with Gasteiger partial charge in [0.2, 0.25) is 0 Å². The van der Waals surface area contributed by atoms with Crippen molar-refractivity contribution in [2.45, 2.75) is 16.3 Å². The van der Waals surface area contributed by atoms with Gasteiger partial charge in [-0.05, 0) is 42.0 Å². The van der Waals surface area contributed by atoms with Crippen LogP contribution in [-0.2, 0) is 6.54 Å². The lowest BCUT2D eigenvalue weighted by molar-refractivity contribution is 0.414. The molecule has 3 aromatic carbocycles. The predicted molar refractivity (Wildman–Crippen MR) is 129 cm³/mol. The van der Waals surface area contributed by atoms with Gasteiger partial charge in [0, 0.05) is 10.3 Å². The number of aromatic nitrogens is 1. The summed E-state index contributed by atoms with van der Waals surface area (Å²) < 4.78 is 26.5. The average Bonchev–Trinajstić information content (AvgIpc) is 2.85. The first-order chi connectivity index (χ1) is 16.5. The molecular formula is C26H18FNO5S. The molecule has 0 spiro atoms. The number of fused-ring (bicyclic) bond motifs is 3. The van der Waals surface area contributed by atoms with Gasteiger partial charge in [0.15, 0.2) is 11.3 Å². The number of ether oxygens (including phenoxy) is 1. The maximum absolute atomic E-state index is 14.2. The number of para-hydroxylation sites is 1. The van der Waals surface area contributed by atoms with E-state index in [0.717, 1.165) is 5.56 Å². The first-order valence-corrected chi connectivity index (χ1v) is 11.2. The fourth-order valence-electron chi connectivity index (χ4n) is 3.88. The van der Waals surface area contributed by atoms with Crippen molar-refractivity contribution in [3.8, 4) is 11.5 Å². The topological polar surface area (TPSA) is 81.7 Å². The Hall–Kier alpha value is -4.04. The standard InChI is InChI=1S/C26H18FNO5S/c1-32-16-8-6-7-15(13-16)14-28-19-11-4-2-9-17(19)23-21(25(28)30)22(29)24(26(31)33-23)34-20-12-5-3-10-18(20)27/h2-13,29H,14H2,1H3. The number of hydrogen-bond acceptors (Lipinski definition) is 6. The molecule has 8 heteroatoms. The summed E-state index contributed by atoms with van der Waals surface area (Å²) in [5.74, 6) is -0.442. The lowest BCUT2D eigenvalue weighted by Crippen LogP contribution is -2.22. The second-order valence-corrected chi connectivity index (χ2v) is 8.62. The second-order valence-electron chi connectivity index (χ2n) is 7.56. The second kappa shape index (κ2) is 8.72. The fraction of sp³-hybridized carbons (Fsp3) is 0.0769. The molecule has 170 valence electrons. The van der Waals surface area contributed by atoms with Gasteiger partial charge in [0.25, 0.3) is 5.56 Å². The van der Waals surface area contributed by atoms with Crippen LogP contribution in [0.5, 0.6) is 11.5 Å². The van der Waals surface area contributed by atoms with Crippen LogP contribution in [0.25, 0.3) is 21.9 Å². The normalized spacial score (nSPS) is 11.2. The molecule has 0 saturated carbocycles. The van der Waals surface area contributed by atoms with Crippen LogP contribution in [0.1, 0.15) is 5.56 Å². The van der Waals surface area contributed by atoms with Gasteiger partial charge in [-0.25, -0.2) is 9.18 Å². The first kappa shape index (κ1) is 21.8. The molecule has 0 aliphatic carbocycles. The van der Waals surface area contributed by atoms with Crippen LogP contribution in [0.4, 0.5) is 4.39 Å². The third-order valence-electron chi connectivity index (χ3n) is 5.48. The van der Waals surface area contributed by atoms with E-state index in [4.69, 9.17) is 9.15 Å². The molecule has 5 aromatic rings. The van der Waals surface area contributed by atoms with E-state index in [0.29, 0.717) is 28.4 Å². The van der Waals surface area contributed by atoms with Crippen molar-refractivity contribution < 1.29 is 18.7 Å². The lowest BCUT2D eigenvalue weighted by atomic mass is 10.1. The maximum atomic E-state index is 14.2. The van der Waals surface area contributed by atoms with E-state index in [9.17, 15) is 19.1 Å². The molecule has 0 bridgehead atoms. The van der Waals surface area contributed by atoms with Crippen molar-refractivity contribution in [2.75, 3.05) is 7.11 Å². The molecule has 2 heterocycles. The Morgan fingerprint density at radius 1 is 1.03 bits per heavy atom. The number of aromatic hydroxyl groups is 1. The van der Waals surface area contributed by atoms with Gasteiger partial charge in [-0.3, -0.25) is 4.79 Å². The minimum absolute atomic E-state index is 0.0112. The van der Waals surface area contributed by atoms with Crippen molar-refractivity contribution in [2.24, 2.45) is 0 Å². The Morgan fingerprint density at radius 2 is 1.79 bits per heavy atom. The van der Waals surface area contributed by atoms with Gasteiger partial charge in [-0.1, -0.05) is 48.2 Å². The van der Waals surface area contributed by atoms with Crippen LogP contribution < -0.4 is 15.9 Å². The van der Waals surface area contributed by atoms with E-state index in [1.807, 2.05) is 18.2 Å². The minimum atomic E-state index is -0.853. The summed E-state index contributed by atoms with van der Waals surface area (Å²) in [6.07, 6.45) is 0. The van der Waals surface area contributed by atoms with Gasteiger partial charge in [0.1, 0.15) is 21.8 Å². The largest absolute Gasteiger partial charge is 0.505 e. The zero-order chi connectivity index (χ0) is 23.8. The smallest absolute Gasteiger partial charge is 0.354 e. The highest BCUT2D eigenvalue weighted by Crippen LogP contribution is 2.38. The average molecular weight is 475 g/mol. The third-order valence-corrected chi connectivity index (χ3v) is 6.60. The van der Waals surface area contributed by atoms with Crippen molar-refractivity contribution >= 4 is 33.6 Å². The number of hydrogen-bond donors (Lipinski definition) is 1. The SMILES string of the molecule is COc1cccc(Cn2c(=O)c3c(O)c(Sc4ccccc4F)c(=O)oc3c3ccccc32)c1. The van der Waals surface area contributed by atoms with Crippen molar-refractivity contribution in [1.82, 2.24) is 4.57 Å². The van der Waals surface area contributed by atoms with E-state index in [1.165, 1.54) is 22.8 Å². The van der Waals surface area contributed by atoms with E-state index >= 15 is 0 Å². The third kappa shape index (κ3) is 3.72. The number of methoxy groups -OCH3 is 1. The van der Waals surface area contributed by atoms with Gasteiger partial charge >= 0.3 is 5.63 Å². The summed E-state index contributed by atoms with van der Waals surface area (Å²) in [4.78, 5) is 26.3. The van der Waals surface area contributed by atoms with E-state index < -0.39 is 22.8 Å². The van der Waals surface area contributed by atoms with Gasteiger partial charge in [-0.2, -0.15) is 0 Å². The highest BCUT2D eigenvalue weighted by atomic mass is 32.2. The summed E-state index contributed by atoms with van der Waals surface area (Å²) >= 11 is 0.715. The first-order valence-electron chi connectivity index (χ1n) is 10.3. The molecule has 2 aromatic heterocycles. The Balaban J connectivity index is 1.77. The zero-order valence-electron chi connectivity index (χ0n) is 17.9. The molecule has 0 saturated heterocycles. The van der Waals surface area contributed by atoms with Gasteiger partial charge in [0.05, 0.1) is 19.2 Å². The molecule has 0 atom stereocenters. The Kier molecular flexibility index (Phi) is 5.59. The maximum Gasteiger partial charge on any atom is 0.354 e. The quantitative estimate of drug-likeness (QED) is 0.354. The van der Waals surface area contributed by atoms with Gasteiger partial charge in [-0.15, -0.1) is 0 Å². The van der Waals surface area contributed by atoms with Gasteiger partial charge < -0.3 is 18.8 Å². The van der Waals surface area contributed by atoms with Crippen LogP contribution in [0.3, 0.4) is 0 Å². The molecule has 6 nitrogen and oxygen atoms in total. The summed E-state index contributed by atoms with van der Waals surface area (Å²) in [5.41, 5.74) is -0.0481. The molecule has 0 aliphatic rings. The Labute approximate surface area is 196 Å². The zero-order valence-corrected chi connectivity index (χ0v) is 18.8. The van der Waals surface area contributed by atoms with Crippen molar-refractivity contribution in [3.63, 3.8) is 0 Å². The van der Waals surface area contributed by atoms with E-state index in [-0.39, 0.29) is 27.3 Å². The van der Waals surface area contributed by atoms with Crippen LogP contribution in [-0.4, -0.2) is 16.8 Å². The fourth-order valence-corrected chi connectivity index (χ4v) is 4.73. The molecule has 0 amide bonds. The number of nitrogens with zero attached hydrogens (tertiary/aromatic N) is 1. The monoisotopic (exact) mass is 475 g/mol. The van der Waals surface area contributed by atoms with E-state index in [2.05, 4.69) is 0 Å². The predicted octanol–water partition coefficient (Wildman–Crippen LogP) is 5.16. The highest BCUT2D eigenvalue weighted by Gasteiger charge is 2.23. The van der Waals surface area contributed by atoms with Crippen LogP contribution in [0.15, 0.2) is 96.6 Å². The molecule has 34 heavy (non-hydrogen) atoms. The molecule has 5 rings (SSSR count). The summed E-state index contributed by atoms with van der Waals surface area (Å²) in [7, 11) is 1.56. The molecule has 0 aliphatic heterocycles. The van der Waals surface area contributed by atoms with Crippen molar-refractivity contribution in [1.29, 1.82) is 0 Å². The summed E-state index contributed by atoms with van der Waals surface area (Å²) in [5, 5.41) is 11.4. The lowest BCUT2D eigenvalue weighted by Gasteiger charge is -2.14. The molecule has 0 fully saturated rings. The van der Waals surface area contributed by atoms with Crippen LogP contribution >= 0.6 is 11.8 Å². The number of halogens is 1. The molecule has 0 radical (unpaired) electrons. The Morgan fingerprint density at radius 3 is 2.59 bits per heavy atom. The molecular weight excluding hydrogens is 457 g/mol. The molecule has 0 unspecified atom stereocenters. The Bertz CT molecular complexity index is 1670. The number of benzene rings is 3. The minimum Gasteiger partial charge on any atom is -0.505 e. The van der Waals surface area contributed by atoms with Crippen molar-refractivity contribution in [3.05, 3.63) is 105 Å². The van der Waals surface area contributed by atoms with E-state index in [1.54, 1.807) is 43.5 Å². The number of rotatable bonds is 5. The van der Waals surface area contributed by atoms with Crippen LogP contribution in [0, 0.1) is 5.82 Å². The summed E-state index contributed by atoms with van der Waals surface area (Å²) in [6, 6.07) is 20.1. The highest BCUT2D eigenvalue weighted by molar-refractivity contribution is 7.99.